The number of amides is 2. The van der Waals surface area contributed by atoms with Crippen LogP contribution in [0.15, 0.2) is 48.8 Å². The van der Waals surface area contributed by atoms with Gasteiger partial charge in [-0.15, -0.1) is 0 Å². The quantitative estimate of drug-likeness (QED) is 0.761. The number of nitrogens with one attached hydrogen (secondary N) is 2. The van der Waals surface area contributed by atoms with Gasteiger partial charge in [-0.05, 0) is 29.3 Å². The second-order valence-electron chi connectivity index (χ2n) is 6.33. The third kappa shape index (κ3) is 3.15. The van der Waals surface area contributed by atoms with Crippen LogP contribution < -0.4 is 10.6 Å². The van der Waals surface area contributed by atoms with Crippen molar-refractivity contribution < 1.29 is 14.0 Å². The van der Waals surface area contributed by atoms with Crippen LogP contribution in [0.2, 0.25) is 0 Å². The molecule has 4 rings (SSSR count). The summed E-state index contributed by atoms with van der Waals surface area (Å²) < 4.78 is 15.6. The van der Waals surface area contributed by atoms with E-state index in [1.54, 1.807) is 35.3 Å². The van der Waals surface area contributed by atoms with E-state index in [1.807, 2.05) is 6.07 Å². The summed E-state index contributed by atoms with van der Waals surface area (Å²) >= 11 is 0. The average Bonchev–Trinajstić information content (AvgIpc) is 3.10. The first kappa shape index (κ1) is 16.3. The van der Waals surface area contributed by atoms with Crippen molar-refractivity contribution in [1.82, 2.24) is 15.1 Å². The number of rotatable bonds is 3. The topological polar surface area (TPSA) is 76.0 Å². The molecule has 0 bridgehead atoms. The van der Waals surface area contributed by atoms with Crippen molar-refractivity contribution in [2.75, 3.05) is 11.9 Å². The van der Waals surface area contributed by atoms with Gasteiger partial charge in [0.05, 0.1) is 23.5 Å². The highest BCUT2D eigenvalue weighted by atomic mass is 19.1. The van der Waals surface area contributed by atoms with Crippen LogP contribution in [0.1, 0.15) is 29.2 Å². The Kier molecular flexibility index (Phi) is 4.12. The highest BCUT2D eigenvalue weighted by Crippen LogP contribution is 2.23. The van der Waals surface area contributed by atoms with E-state index in [1.165, 1.54) is 12.1 Å². The number of hydrogen-bond donors (Lipinski definition) is 2. The monoisotopic (exact) mass is 352 g/mol. The summed E-state index contributed by atoms with van der Waals surface area (Å²) in [7, 11) is 0. The van der Waals surface area contributed by atoms with Gasteiger partial charge in [-0.25, -0.2) is 4.39 Å². The van der Waals surface area contributed by atoms with Crippen LogP contribution in [-0.2, 0) is 4.79 Å². The normalized spacial score (nSPS) is 17.1. The van der Waals surface area contributed by atoms with Crippen molar-refractivity contribution in [2.45, 2.75) is 18.9 Å². The molecule has 1 aromatic heterocycles. The van der Waals surface area contributed by atoms with Crippen LogP contribution in [0, 0.1) is 5.82 Å². The Hall–Kier alpha value is -3.22. The van der Waals surface area contributed by atoms with Gasteiger partial charge in [0, 0.05) is 19.2 Å². The fourth-order valence-electron chi connectivity index (χ4n) is 3.21. The van der Waals surface area contributed by atoms with Crippen molar-refractivity contribution >= 4 is 28.3 Å². The van der Waals surface area contributed by atoms with E-state index in [4.69, 9.17) is 0 Å². The first-order valence-electron chi connectivity index (χ1n) is 8.40. The average molecular weight is 352 g/mol. The van der Waals surface area contributed by atoms with Crippen LogP contribution >= 0.6 is 0 Å². The molecule has 0 spiro atoms. The second-order valence-corrected chi connectivity index (χ2v) is 6.33. The van der Waals surface area contributed by atoms with Gasteiger partial charge in [-0.3, -0.25) is 14.3 Å². The molecule has 6 nitrogen and oxygen atoms in total. The number of fused-ring (bicyclic) bond motifs is 1. The van der Waals surface area contributed by atoms with Gasteiger partial charge in [0.2, 0.25) is 5.91 Å². The van der Waals surface area contributed by atoms with Gasteiger partial charge < -0.3 is 10.6 Å². The first-order valence-corrected chi connectivity index (χ1v) is 8.40. The zero-order chi connectivity index (χ0) is 18.1. The standard InChI is InChI=1S/C19H17FN4O2/c20-13-7-12-3-1-2-4-16(12)17(8-13)19(26)23-14-9-22-24(11-14)15-5-6-18(25)21-10-15/h1-4,7-9,11,15H,5-6,10H2,(H,21,25)(H,23,26). The molecular weight excluding hydrogens is 335 g/mol. The van der Waals surface area contributed by atoms with Crippen LogP contribution in [0.5, 0.6) is 0 Å². The molecular formula is C19H17FN4O2. The Bertz CT molecular complexity index is 988. The fourth-order valence-corrected chi connectivity index (χ4v) is 3.21. The van der Waals surface area contributed by atoms with E-state index in [2.05, 4.69) is 15.7 Å². The predicted molar refractivity (Wildman–Crippen MR) is 95.4 cm³/mol. The van der Waals surface area contributed by atoms with Crippen molar-refractivity contribution in [3.05, 3.63) is 60.2 Å². The molecule has 0 aliphatic carbocycles. The van der Waals surface area contributed by atoms with Crippen molar-refractivity contribution in [3.8, 4) is 0 Å². The summed E-state index contributed by atoms with van der Waals surface area (Å²) in [6.07, 6.45) is 4.44. The smallest absolute Gasteiger partial charge is 0.256 e. The number of benzene rings is 2. The summed E-state index contributed by atoms with van der Waals surface area (Å²) in [5.74, 6) is -0.806. The van der Waals surface area contributed by atoms with Gasteiger partial charge >= 0.3 is 0 Å². The minimum absolute atomic E-state index is 0.0416. The number of halogens is 1. The van der Waals surface area contributed by atoms with Gasteiger partial charge in [0.15, 0.2) is 0 Å². The molecule has 1 aliphatic rings. The summed E-state index contributed by atoms with van der Waals surface area (Å²) in [6, 6.07) is 9.87. The lowest BCUT2D eigenvalue weighted by Gasteiger charge is -2.22. The molecule has 1 saturated heterocycles. The number of piperidine rings is 1. The first-order chi connectivity index (χ1) is 12.6. The maximum atomic E-state index is 13.8. The van der Waals surface area contributed by atoms with Crippen LogP contribution in [0.25, 0.3) is 10.8 Å². The van der Waals surface area contributed by atoms with E-state index in [9.17, 15) is 14.0 Å². The fraction of sp³-hybridized carbons (Fsp3) is 0.211. The van der Waals surface area contributed by atoms with E-state index in [-0.39, 0.29) is 17.5 Å². The second kappa shape index (κ2) is 6.59. The highest BCUT2D eigenvalue weighted by molar-refractivity contribution is 6.12. The molecule has 3 aromatic rings. The lowest BCUT2D eigenvalue weighted by Crippen LogP contribution is -2.36. The minimum atomic E-state index is -0.456. The third-order valence-corrected chi connectivity index (χ3v) is 4.54. The number of carbonyl (C=O) groups is 2. The van der Waals surface area contributed by atoms with E-state index < -0.39 is 11.7 Å². The van der Waals surface area contributed by atoms with Crippen molar-refractivity contribution in [3.63, 3.8) is 0 Å². The Morgan fingerprint density at radius 1 is 1.31 bits per heavy atom. The lowest BCUT2D eigenvalue weighted by atomic mass is 10.0. The van der Waals surface area contributed by atoms with Crippen LogP contribution in [-0.4, -0.2) is 28.1 Å². The van der Waals surface area contributed by atoms with Gasteiger partial charge in [-0.2, -0.15) is 5.10 Å². The third-order valence-electron chi connectivity index (χ3n) is 4.54. The molecule has 2 amide bonds. The number of hydrogen-bond acceptors (Lipinski definition) is 3. The molecule has 7 heteroatoms. The zero-order valence-corrected chi connectivity index (χ0v) is 13.9. The minimum Gasteiger partial charge on any atom is -0.354 e. The van der Waals surface area contributed by atoms with E-state index in [0.29, 0.717) is 35.8 Å². The summed E-state index contributed by atoms with van der Waals surface area (Å²) in [5, 5.41) is 11.2. The Morgan fingerprint density at radius 3 is 2.96 bits per heavy atom. The molecule has 1 aliphatic heterocycles. The maximum absolute atomic E-state index is 13.8. The molecule has 1 unspecified atom stereocenters. The lowest BCUT2D eigenvalue weighted by molar-refractivity contribution is -0.122. The molecule has 2 N–H and O–H groups in total. The summed E-state index contributed by atoms with van der Waals surface area (Å²) in [6.45, 7) is 0.516. The van der Waals surface area contributed by atoms with Gasteiger partial charge in [0.1, 0.15) is 5.82 Å². The molecule has 132 valence electrons. The summed E-state index contributed by atoms with van der Waals surface area (Å²) in [5.41, 5.74) is 0.804. The number of nitrogens with zero attached hydrogens (tertiary/aromatic N) is 2. The Morgan fingerprint density at radius 2 is 2.15 bits per heavy atom. The molecule has 1 fully saturated rings. The SMILES string of the molecule is O=C1CCC(n2cc(NC(=O)c3cc(F)cc4ccccc34)cn2)CN1. The molecule has 1 atom stereocenters. The molecule has 2 heterocycles. The number of aromatic nitrogens is 2. The van der Waals surface area contributed by atoms with E-state index >= 15 is 0 Å². The molecule has 0 saturated carbocycles. The summed E-state index contributed by atoms with van der Waals surface area (Å²) in [4.78, 5) is 23.9. The van der Waals surface area contributed by atoms with Crippen molar-refractivity contribution in [2.24, 2.45) is 0 Å². The number of carbonyl (C=O) groups excluding carboxylic acids is 2. The van der Waals surface area contributed by atoms with Gasteiger partial charge in [-0.1, -0.05) is 24.3 Å². The zero-order valence-electron chi connectivity index (χ0n) is 13.9. The van der Waals surface area contributed by atoms with E-state index in [0.717, 1.165) is 0 Å². The Balaban J connectivity index is 1.55. The molecule has 0 radical (unpaired) electrons. The van der Waals surface area contributed by atoms with Crippen molar-refractivity contribution in [1.29, 1.82) is 0 Å². The van der Waals surface area contributed by atoms with Gasteiger partial charge in [0.25, 0.3) is 5.91 Å². The highest BCUT2D eigenvalue weighted by Gasteiger charge is 2.20. The Labute approximate surface area is 149 Å². The van der Waals surface area contributed by atoms with Crippen LogP contribution in [0.3, 0.4) is 0 Å². The van der Waals surface area contributed by atoms with Crippen LogP contribution in [0.4, 0.5) is 10.1 Å². The number of anilines is 1. The molecule has 26 heavy (non-hydrogen) atoms. The predicted octanol–water partition coefficient (Wildman–Crippen LogP) is 2.88. The largest absolute Gasteiger partial charge is 0.354 e. The molecule has 2 aromatic carbocycles. The maximum Gasteiger partial charge on any atom is 0.256 e.